The minimum Gasteiger partial charge on any atom is -0.268 e. The maximum atomic E-state index is 13.3. The van der Waals surface area contributed by atoms with Gasteiger partial charge in [-0.3, -0.25) is 19.5 Å². The molecular formula is C22H13Cl2N3O3. The van der Waals surface area contributed by atoms with Crippen LogP contribution in [0.25, 0.3) is 28.7 Å². The molecule has 0 amide bonds. The number of para-hydroxylation sites is 2. The van der Waals surface area contributed by atoms with Crippen LogP contribution in [0.4, 0.5) is 5.69 Å². The molecule has 0 spiro atoms. The number of aromatic nitrogens is 2. The van der Waals surface area contributed by atoms with Crippen LogP contribution in [0.5, 0.6) is 0 Å². The van der Waals surface area contributed by atoms with Crippen molar-refractivity contribution in [1.82, 2.24) is 9.55 Å². The third-order valence-electron chi connectivity index (χ3n) is 4.49. The standard InChI is InChI=1S/C22H13Cl2N3O3/c23-17-5-3-6-18(24)21(17)26-20(25-19-7-2-1-4-16(19)22(26)28)13-10-14-8-11-15(12-9-14)27(29)30/h1-13H. The number of nitro groups is 1. The summed E-state index contributed by atoms with van der Waals surface area (Å²) < 4.78 is 1.37. The Morgan fingerprint density at radius 2 is 1.57 bits per heavy atom. The molecular weight excluding hydrogens is 425 g/mol. The Morgan fingerprint density at radius 1 is 0.900 bits per heavy atom. The quantitative estimate of drug-likeness (QED) is 0.299. The molecule has 0 saturated heterocycles. The van der Waals surface area contributed by atoms with Crippen LogP contribution in [0.2, 0.25) is 10.0 Å². The number of benzene rings is 3. The monoisotopic (exact) mass is 437 g/mol. The molecule has 1 heterocycles. The number of halogens is 2. The van der Waals surface area contributed by atoms with Gasteiger partial charge in [-0.25, -0.2) is 4.98 Å². The van der Waals surface area contributed by atoms with Crippen molar-refractivity contribution in [3.63, 3.8) is 0 Å². The lowest BCUT2D eigenvalue weighted by atomic mass is 10.2. The Labute approximate surface area is 180 Å². The van der Waals surface area contributed by atoms with Crippen LogP contribution >= 0.6 is 23.2 Å². The van der Waals surface area contributed by atoms with Crippen LogP contribution in [0.15, 0.2) is 71.5 Å². The van der Waals surface area contributed by atoms with E-state index in [4.69, 9.17) is 23.2 Å². The van der Waals surface area contributed by atoms with Crippen molar-refractivity contribution in [3.8, 4) is 5.69 Å². The molecule has 0 saturated carbocycles. The molecule has 3 aromatic carbocycles. The molecule has 0 atom stereocenters. The maximum Gasteiger partial charge on any atom is 0.269 e. The fraction of sp³-hybridized carbons (Fsp3) is 0. The molecule has 0 radical (unpaired) electrons. The Hall–Kier alpha value is -3.48. The van der Waals surface area contributed by atoms with E-state index in [0.29, 0.717) is 38.0 Å². The topological polar surface area (TPSA) is 78.0 Å². The van der Waals surface area contributed by atoms with Crippen LogP contribution in [0, 0.1) is 10.1 Å². The van der Waals surface area contributed by atoms with Gasteiger partial charge >= 0.3 is 0 Å². The van der Waals surface area contributed by atoms with E-state index in [1.165, 1.54) is 16.7 Å². The molecule has 0 aliphatic carbocycles. The third kappa shape index (κ3) is 3.70. The first-order valence-corrected chi connectivity index (χ1v) is 9.60. The Bertz CT molecular complexity index is 1340. The molecule has 0 aliphatic heterocycles. The molecule has 4 rings (SSSR count). The highest BCUT2D eigenvalue weighted by molar-refractivity contribution is 6.37. The fourth-order valence-corrected chi connectivity index (χ4v) is 3.62. The third-order valence-corrected chi connectivity index (χ3v) is 5.10. The maximum absolute atomic E-state index is 13.3. The molecule has 0 N–H and O–H groups in total. The highest BCUT2D eigenvalue weighted by atomic mass is 35.5. The van der Waals surface area contributed by atoms with Crippen molar-refractivity contribution in [2.75, 3.05) is 0 Å². The number of rotatable bonds is 4. The zero-order valence-corrected chi connectivity index (χ0v) is 16.8. The van der Waals surface area contributed by atoms with Gasteiger partial charge < -0.3 is 0 Å². The molecule has 8 heteroatoms. The summed E-state index contributed by atoms with van der Waals surface area (Å²) in [7, 11) is 0. The van der Waals surface area contributed by atoms with Gasteiger partial charge in [-0.1, -0.05) is 47.5 Å². The summed E-state index contributed by atoms with van der Waals surface area (Å²) >= 11 is 12.7. The van der Waals surface area contributed by atoms with Gasteiger partial charge in [0.05, 0.1) is 31.6 Å². The zero-order chi connectivity index (χ0) is 21.3. The van der Waals surface area contributed by atoms with Gasteiger partial charge in [0.15, 0.2) is 0 Å². The summed E-state index contributed by atoms with van der Waals surface area (Å²) in [6.07, 6.45) is 3.36. The van der Waals surface area contributed by atoms with Crippen molar-refractivity contribution in [2.45, 2.75) is 0 Å². The van der Waals surface area contributed by atoms with Crippen molar-refractivity contribution >= 4 is 51.9 Å². The highest BCUT2D eigenvalue weighted by Crippen LogP contribution is 2.29. The van der Waals surface area contributed by atoms with E-state index >= 15 is 0 Å². The molecule has 0 aliphatic rings. The molecule has 6 nitrogen and oxygen atoms in total. The van der Waals surface area contributed by atoms with Gasteiger partial charge in [-0.05, 0) is 48.0 Å². The number of nitro benzene ring substituents is 1. The fourth-order valence-electron chi connectivity index (χ4n) is 3.06. The van der Waals surface area contributed by atoms with Gasteiger partial charge in [0.2, 0.25) is 0 Å². The zero-order valence-electron chi connectivity index (χ0n) is 15.3. The van der Waals surface area contributed by atoms with Crippen LogP contribution < -0.4 is 5.56 Å². The minimum absolute atomic E-state index is 0.00395. The summed E-state index contributed by atoms with van der Waals surface area (Å²) in [4.78, 5) is 28.3. The average Bonchev–Trinajstić information content (AvgIpc) is 2.74. The van der Waals surface area contributed by atoms with Crippen LogP contribution in [0.1, 0.15) is 11.4 Å². The summed E-state index contributed by atoms with van der Waals surface area (Å²) in [6, 6.07) is 18.0. The Morgan fingerprint density at radius 3 is 2.23 bits per heavy atom. The van der Waals surface area contributed by atoms with Crippen molar-refractivity contribution < 1.29 is 4.92 Å². The number of non-ortho nitro benzene ring substituents is 1. The predicted octanol–water partition coefficient (Wildman–Crippen LogP) is 5.77. The second kappa shape index (κ2) is 8.10. The van der Waals surface area contributed by atoms with Crippen LogP contribution in [0.3, 0.4) is 0 Å². The summed E-state index contributed by atoms with van der Waals surface area (Å²) in [5.41, 5.74) is 1.27. The van der Waals surface area contributed by atoms with Gasteiger partial charge in [-0.2, -0.15) is 0 Å². The second-order valence-electron chi connectivity index (χ2n) is 6.38. The first kappa shape index (κ1) is 19.8. The highest BCUT2D eigenvalue weighted by Gasteiger charge is 2.16. The number of nitrogens with zero attached hydrogens (tertiary/aromatic N) is 3. The van der Waals surface area contributed by atoms with Crippen LogP contribution in [-0.4, -0.2) is 14.5 Å². The number of fused-ring (bicyclic) bond motifs is 1. The average molecular weight is 438 g/mol. The summed E-state index contributed by atoms with van der Waals surface area (Å²) in [5.74, 6) is 0.326. The van der Waals surface area contributed by atoms with Crippen LogP contribution in [-0.2, 0) is 0 Å². The molecule has 4 aromatic rings. The van der Waals surface area contributed by atoms with E-state index in [-0.39, 0.29) is 11.2 Å². The number of hydrogen-bond donors (Lipinski definition) is 0. The minimum atomic E-state index is -0.463. The second-order valence-corrected chi connectivity index (χ2v) is 7.19. The van der Waals surface area contributed by atoms with E-state index < -0.39 is 4.92 Å². The largest absolute Gasteiger partial charge is 0.269 e. The normalized spacial score (nSPS) is 11.3. The SMILES string of the molecule is O=c1c2ccccc2nc(C=Cc2ccc([N+](=O)[O-])cc2)n1-c1c(Cl)cccc1Cl. The predicted molar refractivity (Wildman–Crippen MR) is 119 cm³/mol. The van der Waals surface area contributed by atoms with E-state index in [9.17, 15) is 14.9 Å². The van der Waals surface area contributed by atoms with Gasteiger partial charge in [0.25, 0.3) is 11.2 Å². The first-order valence-electron chi connectivity index (χ1n) is 8.84. The van der Waals surface area contributed by atoms with Gasteiger partial charge in [0.1, 0.15) is 5.82 Å². The molecule has 30 heavy (non-hydrogen) atoms. The van der Waals surface area contributed by atoms with Crippen molar-refractivity contribution in [1.29, 1.82) is 0 Å². The lowest BCUT2D eigenvalue weighted by Gasteiger charge is -2.14. The first-order chi connectivity index (χ1) is 14.5. The van der Waals surface area contributed by atoms with E-state index in [2.05, 4.69) is 4.98 Å². The lowest BCUT2D eigenvalue weighted by molar-refractivity contribution is -0.384. The molecule has 148 valence electrons. The van der Waals surface area contributed by atoms with Crippen molar-refractivity contribution in [2.24, 2.45) is 0 Å². The van der Waals surface area contributed by atoms with Crippen molar-refractivity contribution in [3.05, 3.63) is 109 Å². The number of hydrogen-bond acceptors (Lipinski definition) is 4. The van der Waals surface area contributed by atoms with Gasteiger partial charge in [-0.15, -0.1) is 0 Å². The molecule has 0 bridgehead atoms. The Kier molecular flexibility index (Phi) is 5.35. The van der Waals surface area contributed by atoms with Gasteiger partial charge in [0, 0.05) is 12.1 Å². The smallest absolute Gasteiger partial charge is 0.268 e. The summed E-state index contributed by atoms with van der Waals surface area (Å²) in [5, 5.41) is 11.9. The molecule has 1 aromatic heterocycles. The molecule has 0 fully saturated rings. The van der Waals surface area contributed by atoms with E-state index in [0.717, 1.165) is 0 Å². The van der Waals surface area contributed by atoms with E-state index in [1.807, 2.05) is 0 Å². The van der Waals surface area contributed by atoms with E-state index in [1.54, 1.807) is 66.7 Å². The lowest BCUT2D eigenvalue weighted by Crippen LogP contribution is -2.23. The Balaban J connectivity index is 1.92. The molecule has 0 unspecified atom stereocenters. The summed E-state index contributed by atoms with van der Waals surface area (Å²) in [6.45, 7) is 0.